The van der Waals surface area contributed by atoms with Crippen LogP contribution < -0.4 is 5.73 Å². The highest BCUT2D eigenvalue weighted by Gasteiger charge is 2.23. The molecule has 1 aliphatic carbocycles. The first-order valence-corrected chi connectivity index (χ1v) is 7.54. The second kappa shape index (κ2) is 5.31. The molecule has 1 unspecified atom stereocenters. The van der Waals surface area contributed by atoms with Crippen LogP contribution in [0.1, 0.15) is 49.6 Å². The van der Waals surface area contributed by atoms with E-state index in [9.17, 15) is 0 Å². The Bertz CT molecular complexity index is 598. The van der Waals surface area contributed by atoms with Crippen LogP contribution in [-0.4, -0.2) is 9.55 Å². The maximum atomic E-state index is 5.92. The van der Waals surface area contributed by atoms with Crippen molar-refractivity contribution in [1.82, 2.24) is 9.55 Å². The van der Waals surface area contributed by atoms with Crippen molar-refractivity contribution in [3.05, 3.63) is 47.5 Å². The van der Waals surface area contributed by atoms with E-state index in [0.29, 0.717) is 12.0 Å². The van der Waals surface area contributed by atoms with Gasteiger partial charge in [-0.3, -0.25) is 0 Å². The van der Waals surface area contributed by atoms with Crippen molar-refractivity contribution >= 4 is 5.69 Å². The molecule has 0 spiro atoms. The number of benzene rings is 1. The number of nitrogens with zero attached hydrogens (tertiary/aromatic N) is 2. The highest BCUT2D eigenvalue weighted by atomic mass is 15.1. The van der Waals surface area contributed by atoms with E-state index in [1.807, 2.05) is 18.6 Å². The number of rotatable bonds is 3. The molecule has 0 bridgehead atoms. The summed E-state index contributed by atoms with van der Waals surface area (Å²) in [4.78, 5) is 4.38. The molecular weight excluding hydrogens is 246 g/mol. The number of nitrogen functional groups attached to an aromatic ring is 1. The number of aryl methyl sites for hydroxylation is 1. The SMILES string of the molecule is CC(C)Cc1cncn1C1CCCc2cc(N)ccc21. The average molecular weight is 269 g/mol. The molecule has 0 saturated carbocycles. The highest BCUT2D eigenvalue weighted by molar-refractivity contribution is 5.47. The van der Waals surface area contributed by atoms with Crippen LogP contribution in [0.15, 0.2) is 30.7 Å². The molecule has 0 amide bonds. The zero-order chi connectivity index (χ0) is 14.1. The largest absolute Gasteiger partial charge is 0.399 e. The van der Waals surface area contributed by atoms with Gasteiger partial charge in [-0.05, 0) is 54.9 Å². The Morgan fingerprint density at radius 2 is 2.25 bits per heavy atom. The van der Waals surface area contributed by atoms with Crippen LogP contribution in [-0.2, 0) is 12.8 Å². The van der Waals surface area contributed by atoms with Gasteiger partial charge >= 0.3 is 0 Å². The van der Waals surface area contributed by atoms with Gasteiger partial charge in [0.25, 0.3) is 0 Å². The van der Waals surface area contributed by atoms with E-state index in [0.717, 1.165) is 18.5 Å². The van der Waals surface area contributed by atoms with E-state index in [4.69, 9.17) is 5.73 Å². The molecule has 0 aliphatic heterocycles. The van der Waals surface area contributed by atoms with Crippen molar-refractivity contribution in [2.45, 2.75) is 45.6 Å². The lowest BCUT2D eigenvalue weighted by atomic mass is 9.87. The minimum absolute atomic E-state index is 0.426. The maximum Gasteiger partial charge on any atom is 0.0953 e. The van der Waals surface area contributed by atoms with Gasteiger partial charge in [-0.25, -0.2) is 4.98 Å². The number of hydrogen-bond donors (Lipinski definition) is 1. The van der Waals surface area contributed by atoms with Crippen LogP contribution in [0.5, 0.6) is 0 Å². The fourth-order valence-electron chi connectivity index (χ4n) is 3.29. The van der Waals surface area contributed by atoms with Crippen molar-refractivity contribution in [3.63, 3.8) is 0 Å². The first-order valence-electron chi connectivity index (χ1n) is 7.54. The van der Waals surface area contributed by atoms with E-state index in [-0.39, 0.29) is 0 Å². The van der Waals surface area contributed by atoms with E-state index in [1.165, 1.54) is 29.7 Å². The van der Waals surface area contributed by atoms with E-state index in [2.05, 4.69) is 35.5 Å². The lowest BCUT2D eigenvalue weighted by Gasteiger charge is -2.28. The Hall–Kier alpha value is -1.77. The Kier molecular flexibility index (Phi) is 3.51. The fraction of sp³-hybridized carbons (Fsp3) is 0.471. The van der Waals surface area contributed by atoms with Crippen molar-refractivity contribution in [3.8, 4) is 0 Å². The van der Waals surface area contributed by atoms with E-state index < -0.39 is 0 Å². The van der Waals surface area contributed by atoms with E-state index >= 15 is 0 Å². The summed E-state index contributed by atoms with van der Waals surface area (Å²) in [5, 5.41) is 0. The number of anilines is 1. The molecule has 1 heterocycles. The first-order chi connectivity index (χ1) is 9.65. The quantitative estimate of drug-likeness (QED) is 0.865. The number of fused-ring (bicyclic) bond motifs is 1. The van der Waals surface area contributed by atoms with Gasteiger partial charge < -0.3 is 10.3 Å². The summed E-state index contributed by atoms with van der Waals surface area (Å²) in [5.41, 5.74) is 11.0. The van der Waals surface area contributed by atoms with Gasteiger partial charge in [0.1, 0.15) is 0 Å². The van der Waals surface area contributed by atoms with Gasteiger partial charge in [-0.2, -0.15) is 0 Å². The fourth-order valence-corrected chi connectivity index (χ4v) is 3.29. The number of imidazole rings is 1. The summed E-state index contributed by atoms with van der Waals surface area (Å²) < 4.78 is 2.37. The normalized spacial score (nSPS) is 18.2. The summed E-state index contributed by atoms with van der Waals surface area (Å²) in [6, 6.07) is 6.79. The molecule has 1 atom stereocenters. The minimum atomic E-state index is 0.426. The van der Waals surface area contributed by atoms with Crippen LogP contribution in [0.25, 0.3) is 0 Å². The van der Waals surface area contributed by atoms with Crippen LogP contribution >= 0.6 is 0 Å². The Labute approximate surface area is 120 Å². The van der Waals surface area contributed by atoms with Gasteiger partial charge in [0.05, 0.1) is 12.4 Å². The molecule has 106 valence electrons. The predicted molar refractivity (Wildman–Crippen MR) is 82.7 cm³/mol. The monoisotopic (exact) mass is 269 g/mol. The zero-order valence-electron chi connectivity index (χ0n) is 12.3. The third-order valence-corrected chi connectivity index (χ3v) is 4.15. The Morgan fingerprint density at radius 1 is 1.40 bits per heavy atom. The molecule has 0 radical (unpaired) electrons. The second-order valence-electron chi connectivity index (χ2n) is 6.26. The lowest BCUT2D eigenvalue weighted by Crippen LogP contribution is -2.19. The molecule has 1 aromatic carbocycles. The van der Waals surface area contributed by atoms with Crippen LogP contribution in [0.3, 0.4) is 0 Å². The summed E-state index contributed by atoms with van der Waals surface area (Å²) in [6.07, 6.45) is 8.66. The molecule has 3 heteroatoms. The number of hydrogen-bond acceptors (Lipinski definition) is 2. The first kappa shape index (κ1) is 13.2. The third-order valence-electron chi connectivity index (χ3n) is 4.15. The topological polar surface area (TPSA) is 43.8 Å². The molecule has 0 fully saturated rings. The van der Waals surface area contributed by atoms with Gasteiger partial charge in [-0.15, -0.1) is 0 Å². The number of aromatic nitrogens is 2. The third kappa shape index (κ3) is 2.45. The zero-order valence-corrected chi connectivity index (χ0v) is 12.3. The lowest BCUT2D eigenvalue weighted by molar-refractivity contribution is 0.467. The number of nitrogens with two attached hydrogens (primary N) is 1. The van der Waals surface area contributed by atoms with Crippen molar-refractivity contribution in [2.75, 3.05) is 5.73 Å². The highest BCUT2D eigenvalue weighted by Crippen LogP contribution is 2.34. The predicted octanol–water partition coefficient (Wildman–Crippen LogP) is 3.59. The molecule has 2 aromatic rings. The van der Waals surface area contributed by atoms with Gasteiger partial charge in [0.15, 0.2) is 0 Å². The van der Waals surface area contributed by atoms with Gasteiger partial charge in [0.2, 0.25) is 0 Å². The van der Waals surface area contributed by atoms with Crippen LogP contribution in [0.2, 0.25) is 0 Å². The standard InChI is InChI=1S/C17H23N3/c1-12(2)8-15-10-19-11-20(15)17-5-3-4-13-9-14(18)6-7-16(13)17/h6-7,9-12,17H,3-5,8,18H2,1-2H3. The summed E-state index contributed by atoms with van der Waals surface area (Å²) >= 11 is 0. The summed E-state index contributed by atoms with van der Waals surface area (Å²) in [5.74, 6) is 0.653. The van der Waals surface area contributed by atoms with Gasteiger partial charge in [0, 0.05) is 17.6 Å². The average Bonchev–Trinajstić information content (AvgIpc) is 2.84. The Balaban J connectivity index is 1.98. The van der Waals surface area contributed by atoms with Crippen LogP contribution in [0, 0.1) is 5.92 Å². The molecule has 20 heavy (non-hydrogen) atoms. The molecule has 3 rings (SSSR count). The Morgan fingerprint density at radius 3 is 3.05 bits per heavy atom. The second-order valence-corrected chi connectivity index (χ2v) is 6.26. The van der Waals surface area contributed by atoms with Crippen molar-refractivity contribution < 1.29 is 0 Å². The molecule has 0 saturated heterocycles. The smallest absolute Gasteiger partial charge is 0.0953 e. The summed E-state index contributed by atoms with van der Waals surface area (Å²) in [7, 11) is 0. The molecular formula is C17H23N3. The molecule has 1 aliphatic rings. The molecule has 3 nitrogen and oxygen atoms in total. The van der Waals surface area contributed by atoms with E-state index in [1.54, 1.807) is 0 Å². The molecule has 1 aromatic heterocycles. The minimum Gasteiger partial charge on any atom is -0.399 e. The summed E-state index contributed by atoms with van der Waals surface area (Å²) in [6.45, 7) is 4.51. The van der Waals surface area contributed by atoms with Crippen molar-refractivity contribution in [1.29, 1.82) is 0 Å². The van der Waals surface area contributed by atoms with Gasteiger partial charge in [-0.1, -0.05) is 19.9 Å². The maximum absolute atomic E-state index is 5.92. The van der Waals surface area contributed by atoms with Crippen LogP contribution in [0.4, 0.5) is 5.69 Å². The van der Waals surface area contributed by atoms with Crippen molar-refractivity contribution in [2.24, 2.45) is 5.92 Å². The molecule has 2 N–H and O–H groups in total.